The fraction of sp³-hybridized carbons (Fsp3) is 0.130. The van der Waals surface area contributed by atoms with Crippen molar-refractivity contribution < 1.29 is 14.3 Å². The first-order chi connectivity index (χ1) is 14.2. The van der Waals surface area contributed by atoms with Gasteiger partial charge in [-0.05, 0) is 61.4 Å². The van der Waals surface area contributed by atoms with Gasteiger partial charge in [0, 0.05) is 17.4 Å². The number of anilines is 2. The molecule has 4 rings (SSSR count). The van der Waals surface area contributed by atoms with Gasteiger partial charge in [-0.1, -0.05) is 30.3 Å². The van der Waals surface area contributed by atoms with Crippen LogP contribution in [0.5, 0.6) is 11.5 Å². The highest BCUT2D eigenvalue weighted by Gasteiger charge is 2.23. The second-order valence-corrected chi connectivity index (χ2v) is 6.82. The van der Waals surface area contributed by atoms with Crippen molar-refractivity contribution in [2.75, 3.05) is 10.6 Å². The van der Waals surface area contributed by atoms with Crippen LogP contribution in [0.25, 0.3) is 0 Å². The molecule has 0 bridgehead atoms. The van der Waals surface area contributed by atoms with E-state index in [4.69, 9.17) is 4.74 Å². The van der Waals surface area contributed by atoms with Gasteiger partial charge in [-0.2, -0.15) is 0 Å². The molecule has 0 heterocycles. The molecule has 3 aromatic carbocycles. The van der Waals surface area contributed by atoms with Crippen molar-refractivity contribution in [1.29, 1.82) is 0 Å². The molecular weight excluding hydrogens is 366 g/mol. The van der Waals surface area contributed by atoms with E-state index in [1.54, 1.807) is 42.5 Å². The number of benzene rings is 3. The average Bonchev–Trinajstić information content (AvgIpc) is 3.54. The van der Waals surface area contributed by atoms with Crippen LogP contribution in [0.4, 0.5) is 16.2 Å². The van der Waals surface area contributed by atoms with Gasteiger partial charge < -0.3 is 20.7 Å². The molecule has 6 nitrogen and oxygen atoms in total. The summed E-state index contributed by atoms with van der Waals surface area (Å²) >= 11 is 0. The minimum atomic E-state index is -0.274. The van der Waals surface area contributed by atoms with Crippen LogP contribution >= 0.6 is 0 Å². The summed E-state index contributed by atoms with van der Waals surface area (Å²) in [5, 5.41) is 8.50. The van der Waals surface area contributed by atoms with E-state index in [0.29, 0.717) is 34.5 Å². The van der Waals surface area contributed by atoms with Crippen LogP contribution in [0.2, 0.25) is 0 Å². The topological polar surface area (TPSA) is 79.5 Å². The molecule has 0 aliphatic heterocycles. The molecule has 1 aliphatic rings. The van der Waals surface area contributed by atoms with Crippen LogP contribution in [0, 0.1) is 0 Å². The first kappa shape index (κ1) is 18.6. The number of hydrogen-bond donors (Lipinski definition) is 3. The van der Waals surface area contributed by atoms with Crippen LogP contribution in [0.15, 0.2) is 78.9 Å². The lowest BCUT2D eigenvalue weighted by Gasteiger charge is -2.12. The number of carbonyl (C=O) groups excluding carboxylic acids is 2. The summed E-state index contributed by atoms with van der Waals surface area (Å²) in [7, 11) is 0. The van der Waals surface area contributed by atoms with E-state index < -0.39 is 0 Å². The number of urea groups is 1. The summed E-state index contributed by atoms with van der Waals surface area (Å²) in [5.74, 6) is 0.864. The van der Waals surface area contributed by atoms with E-state index in [1.807, 2.05) is 36.4 Å². The van der Waals surface area contributed by atoms with Crippen molar-refractivity contribution in [3.63, 3.8) is 0 Å². The van der Waals surface area contributed by atoms with Gasteiger partial charge in [0.2, 0.25) is 0 Å². The van der Waals surface area contributed by atoms with Crippen LogP contribution in [0.1, 0.15) is 23.2 Å². The number of ether oxygens (including phenoxy) is 1. The van der Waals surface area contributed by atoms with Crippen LogP contribution in [0.3, 0.4) is 0 Å². The standard InChI is InChI=1S/C23H21N3O3/c27-22(20-8-4-5-9-21(20)29-19-6-2-1-3-7-19)24-16-10-12-17(13-11-16)25-23(28)26-18-14-15-18/h1-13,18H,14-15H2,(H,24,27)(H2,25,26,28). The van der Waals surface area contributed by atoms with Gasteiger partial charge in [0.05, 0.1) is 5.56 Å². The average molecular weight is 387 g/mol. The zero-order valence-electron chi connectivity index (χ0n) is 15.7. The Balaban J connectivity index is 1.40. The molecule has 29 heavy (non-hydrogen) atoms. The Hall–Kier alpha value is -3.80. The third-order valence-electron chi connectivity index (χ3n) is 4.42. The van der Waals surface area contributed by atoms with Crippen molar-refractivity contribution in [3.8, 4) is 11.5 Å². The van der Waals surface area contributed by atoms with Crippen molar-refractivity contribution in [2.24, 2.45) is 0 Å². The van der Waals surface area contributed by atoms with Gasteiger partial charge in [-0.3, -0.25) is 4.79 Å². The first-order valence-electron chi connectivity index (χ1n) is 9.48. The van der Waals surface area contributed by atoms with Gasteiger partial charge in [0.15, 0.2) is 0 Å². The van der Waals surface area contributed by atoms with E-state index in [2.05, 4.69) is 16.0 Å². The number of carbonyl (C=O) groups is 2. The van der Waals surface area contributed by atoms with E-state index in [9.17, 15) is 9.59 Å². The Bertz CT molecular complexity index is 999. The number of nitrogens with one attached hydrogen (secondary N) is 3. The maximum absolute atomic E-state index is 12.7. The molecule has 0 atom stereocenters. The molecule has 1 aliphatic carbocycles. The molecule has 3 N–H and O–H groups in total. The second-order valence-electron chi connectivity index (χ2n) is 6.82. The molecule has 0 spiro atoms. The van der Waals surface area contributed by atoms with E-state index in [-0.39, 0.29) is 11.9 Å². The van der Waals surface area contributed by atoms with Gasteiger partial charge in [-0.15, -0.1) is 0 Å². The smallest absolute Gasteiger partial charge is 0.319 e. The fourth-order valence-corrected chi connectivity index (χ4v) is 2.77. The SMILES string of the molecule is O=C(Nc1ccc(NC(=O)c2ccccc2Oc2ccccc2)cc1)NC1CC1. The second kappa shape index (κ2) is 8.48. The van der Waals surface area contributed by atoms with Crippen molar-refractivity contribution in [3.05, 3.63) is 84.4 Å². The summed E-state index contributed by atoms with van der Waals surface area (Å²) in [6, 6.07) is 23.5. The molecule has 0 saturated heterocycles. The largest absolute Gasteiger partial charge is 0.457 e. The molecule has 0 unspecified atom stereocenters. The summed E-state index contributed by atoms with van der Waals surface area (Å²) < 4.78 is 5.85. The highest BCUT2D eigenvalue weighted by Crippen LogP contribution is 2.26. The number of amides is 3. The summed E-state index contributed by atoms with van der Waals surface area (Å²) in [6.07, 6.45) is 2.07. The van der Waals surface area contributed by atoms with Crippen LogP contribution in [-0.2, 0) is 0 Å². The molecule has 3 amide bonds. The monoisotopic (exact) mass is 387 g/mol. The Morgan fingerprint density at radius 1 is 0.759 bits per heavy atom. The van der Waals surface area contributed by atoms with Gasteiger partial charge in [0.25, 0.3) is 5.91 Å². The maximum atomic E-state index is 12.7. The molecule has 1 fully saturated rings. The minimum Gasteiger partial charge on any atom is -0.457 e. The van der Waals surface area contributed by atoms with Gasteiger partial charge in [-0.25, -0.2) is 4.79 Å². The Morgan fingerprint density at radius 2 is 1.38 bits per heavy atom. The number of rotatable bonds is 6. The molecule has 146 valence electrons. The molecule has 0 radical (unpaired) electrons. The van der Waals surface area contributed by atoms with E-state index in [1.165, 1.54) is 0 Å². The van der Waals surface area contributed by atoms with Crippen LogP contribution < -0.4 is 20.7 Å². The number of hydrogen-bond acceptors (Lipinski definition) is 3. The van der Waals surface area contributed by atoms with Crippen molar-refractivity contribution in [2.45, 2.75) is 18.9 Å². The third kappa shape index (κ3) is 5.13. The maximum Gasteiger partial charge on any atom is 0.319 e. The Labute approximate surface area is 168 Å². The summed E-state index contributed by atoms with van der Waals surface area (Å²) in [4.78, 5) is 24.5. The minimum absolute atomic E-state index is 0.212. The third-order valence-corrected chi connectivity index (χ3v) is 4.42. The zero-order valence-corrected chi connectivity index (χ0v) is 15.7. The summed E-state index contributed by atoms with van der Waals surface area (Å²) in [5.41, 5.74) is 1.72. The fourth-order valence-electron chi connectivity index (χ4n) is 2.77. The molecule has 6 heteroatoms. The summed E-state index contributed by atoms with van der Waals surface area (Å²) in [6.45, 7) is 0. The molecule has 0 aromatic heterocycles. The normalized spacial score (nSPS) is 12.7. The predicted molar refractivity (Wildman–Crippen MR) is 113 cm³/mol. The number of para-hydroxylation sites is 2. The highest BCUT2D eigenvalue weighted by atomic mass is 16.5. The quantitative estimate of drug-likeness (QED) is 0.556. The van der Waals surface area contributed by atoms with E-state index >= 15 is 0 Å². The highest BCUT2D eigenvalue weighted by molar-refractivity contribution is 6.06. The lowest BCUT2D eigenvalue weighted by atomic mass is 10.1. The molecule has 3 aromatic rings. The first-order valence-corrected chi connectivity index (χ1v) is 9.48. The predicted octanol–water partition coefficient (Wildman–Crippen LogP) is 5.02. The Kier molecular flexibility index (Phi) is 5.42. The van der Waals surface area contributed by atoms with Crippen LogP contribution in [-0.4, -0.2) is 18.0 Å². The molecular formula is C23H21N3O3. The Morgan fingerprint density at radius 3 is 2.07 bits per heavy atom. The molecule has 1 saturated carbocycles. The van der Waals surface area contributed by atoms with E-state index in [0.717, 1.165) is 12.8 Å². The lowest BCUT2D eigenvalue weighted by Crippen LogP contribution is -2.30. The van der Waals surface area contributed by atoms with Crippen molar-refractivity contribution >= 4 is 23.3 Å². The lowest BCUT2D eigenvalue weighted by molar-refractivity contribution is 0.102. The zero-order chi connectivity index (χ0) is 20.1. The van der Waals surface area contributed by atoms with Crippen molar-refractivity contribution in [1.82, 2.24) is 5.32 Å². The van der Waals surface area contributed by atoms with Gasteiger partial charge in [0.1, 0.15) is 11.5 Å². The van der Waals surface area contributed by atoms with Gasteiger partial charge >= 0.3 is 6.03 Å².